The highest BCUT2D eigenvalue weighted by Gasteiger charge is 2.31. The first-order valence-electron chi connectivity index (χ1n) is 6.74. The average Bonchev–Trinajstić information content (AvgIpc) is 2.88. The van der Waals surface area contributed by atoms with Crippen LogP contribution in [0.2, 0.25) is 0 Å². The summed E-state index contributed by atoms with van der Waals surface area (Å²) in [5, 5.41) is 2.02. The highest BCUT2D eigenvalue weighted by molar-refractivity contribution is 5.92. The van der Waals surface area contributed by atoms with E-state index >= 15 is 0 Å². The van der Waals surface area contributed by atoms with Gasteiger partial charge in [-0.25, -0.2) is 4.39 Å². The Morgan fingerprint density at radius 2 is 2.18 bits per heavy atom. The van der Waals surface area contributed by atoms with Gasteiger partial charge in [0.05, 0.1) is 11.8 Å². The maximum Gasteiger partial charge on any atom is 0.397 e. The van der Waals surface area contributed by atoms with Gasteiger partial charge in [0, 0.05) is 12.7 Å². The molecule has 1 aliphatic heterocycles. The third-order valence-corrected chi connectivity index (χ3v) is 3.03. The number of benzene rings is 1. The van der Waals surface area contributed by atoms with Crippen molar-refractivity contribution >= 4 is 11.6 Å². The molecule has 1 atom stereocenters. The summed E-state index contributed by atoms with van der Waals surface area (Å²) in [7, 11) is 0. The topological polar surface area (TPSA) is 47.6 Å². The predicted octanol–water partition coefficient (Wildman–Crippen LogP) is 3.27. The Hall–Kier alpha value is -1.83. The van der Waals surface area contributed by atoms with Crippen molar-refractivity contribution in [3.63, 3.8) is 0 Å². The van der Waals surface area contributed by atoms with E-state index in [0.29, 0.717) is 6.61 Å². The van der Waals surface area contributed by atoms with Gasteiger partial charge < -0.3 is 14.8 Å². The summed E-state index contributed by atoms with van der Waals surface area (Å²) in [5.41, 5.74) is -0.132. The minimum absolute atomic E-state index is 0.104. The van der Waals surface area contributed by atoms with E-state index in [0.717, 1.165) is 25.0 Å². The third-order valence-electron chi connectivity index (χ3n) is 3.03. The number of hydrogen-bond donors (Lipinski definition) is 1. The number of rotatable bonds is 5. The highest BCUT2D eigenvalue weighted by Crippen LogP contribution is 2.28. The highest BCUT2D eigenvalue weighted by atomic mass is 19.4. The van der Waals surface area contributed by atoms with Crippen LogP contribution < -0.4 is 10.1 Å². The number of carbonyl (C=O) groups is 1. The minimum Gasteiger partial charge on any atom is -0.489 e. The molecule has 2 rings (SSSR count). The van der Waals surface area contributed by atoms with Crippen molar-refractivity contribution in [1.29, 1.82) is 0 Å². The molecule has 8 heteroatoms. The van der Waals surface area contributed by atoms with E-state index in [2.05, 4.69) is 0 Å². The van der Waals surface area contributed by atoms with E-state index in [1.165, 1.54) is 6.07 Å². The summed E-state index contributed by atoms with van der Waals surface area (Å²) in [6.45, 7) is 0.820. The van der Waals surface area contributed by atoms with Crippen molar-refractivity contribution in [3.8, 4) is 5.75 Å². The van der Waals surface area contributed by atoms with Crippen LogP contribution in [0.5, 0.6) is 5.75 Å². The number of amides is 1. The number of ether oxygens (including phenoxy) is 2. The molecule has 1 aromatic rings. The molecular formula is C14H15F4NO3. The SMILES string of the molecule is O=C(CC(F)(F)F)Nc1cc(F)ccc1OCC1CCCO1. The first-order valence-corrected chi connectivity index (χ1v) is 6.74. The maximum absolute atomic E-state index is 13.2. The van der Waals surface area contributed by atoms with E-state index in [-0.39, 0.29) is 24.1 Å². The lowest BCUT2D eigenvalue weighted by molar-refractivity contribution is -0.150. The molecule has 1 aromatic carbocycles. The van der Waals surface area contributed by atoms with E-state index in [9.17, 15) is 22.4 Å². The minimum atomic E-state index is -4.63. The van der Waals surface area contributed by atoms with Gasteiger partial charge in [0.15, 0.2) is 0 Å². The molecule has 1 N–H and O–H groups in total. The van der Waals surface area contributed by atoms with Crippen LogP contribution in [-0.4, -0.2) is 31.4 Å². The third kappa shape index (κ3) is 5.18. The fourth-order valence-corrected chi connectivity index (χ4v) is 2.06. The molecule has 1 saturated heterocycles. The van der Waals surface area contributed by atoms with Gasteiger partial charge in [-0.15, -0.1) is 0 Å². The van der Waals surface area contributed by atoms with Crippen molar-refractivity contribution in [1.82, 2.24) is 0 Å². The summed E-state index contributed by atoms with van der Waals surface area (Å²) in [5.74, 6) is -1.86. The summed E-state index contributed by atoms with van der Waals surface area (Å²) in [6.07, 6.45) is -4.65. The van der Waals surface area contributed by atoms with Crippen LogP contribution in [0.3, 0.4) is 0 Å². The second-order valence-corrected chi connectivity index (χ2v) is 4.93. The molecule has 4 nitrogen and oxygen atoms in total. The molecule has 0 saturated carbocycles. The van der Waals surface area contributed by atoms with Gasteiger partial charge in [-0.3, -0.25) is 4.79 Å². The fraction of sp³-hybridized carbons (Fsp3) is 0.500. The number of anilines is 1. The van der Waals surface area contributed by atoms with E-state index in [1.807, 2.05) is 5.32 Å². The van der Waals surface area contributed by atoms with Gasteiger partial charge >= 0.3 is 6.18 Å². The van der Waals surface area contributed by atoms with Crippen molar-refractivity contribution in [2.24, 2.45) is 0 Å². The molecule has 0 aromatic heterocycles. The van der Waals surface area contributed by atoms with Crippen LogP contribution >= 0.6 is 0 Å². The summed E-state index contributed by atoms with van der Waals surface area (Å²) >= 11 is 0. The van der Waals surface area contributed by atoms with Crippen molar-refractivity contribution in [3.05, 3.63) is 24.0 Å². The van der Waals surface area contributed by atoms with Gasteiger partial charge in [-0.1, -0.05) is 0 Å². The monoisotopic (exact) mass is 321 g/mol. The summed E-state index contributed by atoms with van der Waals surface area (Å²) in [6, 6.07) is 3.27. The van der Waals surface area contributed by atoms with Gasteiger partial charge in [0.1, 0.15) is 24.6 Å². The Labute approximate surface area is 124 Å². The van der Waals surface area contributed by atoms with Crippen LogP contribution in [-0.2, 0) is 9.53 Å². The molecule has 1 fully saturated rings. The lowest BCUT2D eigenvalue weighted by Crippen LogP contribution is -2.22. The first-order chi connectivity index (χ1) is 10.3. The smallest absolute Gasteiger partial charge is 0.397 e. The molecule has 1 unspecified atom stereocenters. The quantitative estimate of drug-likeness (QED) is 0.847. The Bertz CT molecular complexity index is 527. The number of halogens is 4. The first kappa shape index (κ1) is 16.5. The maximum atomic E-state index is 13.2. The van der Waals surface area contributed by atoms with Crippen LogP contribution in [0, 0.1) is 5.82 Å². The molecule has 1 amide bonds. The number of alkyl halides is 3. The van der Waals surface area contributed by atoms with Gasteiger partial charge in [-0.2, -0.15) is 13.2 Å². The molecule has 1 heterocycles. The molecule has 0 spiro atoms. The lowest BCUT2D eigenvalue weighted by Gasteiger charge is -2.15. The van der Waals surface area contributed by atoms with Crippen LogP contribution in [0.15, 0.2) is 18.2 Å². The number of carbonyl (C=O) groups excluding carboxylic acids is 1. The molecular weight excluding hydrogens is 306 g/mol. The zero-order chi connectivity index (χ0) is 16.2. The standard InChI is InChI=1S/C14H15F4NO3/c15-9-3-4-12(22-8-10-2-1-5-21-10)11(6-9)19-13(20)7-14(16,17)18/h3-4,6,10H,1-2,5,7-8H2,(H,19,20). The second kappa shape index (κ2) is 6.95. The van der Waals surface area contributed by atoms with E-state index in [4.69, 9.17) is 9.47 Å². The lowest BCUT2D eigenvalue weighted by atomic mass is 10.2. The molecule has 0 bridgehead atoms. The molecule has 0 radical (unpaired) electrons. The Kier molecular flexibility index (Phi) is 5.23. The van der Waals surface area contributed by atoms with Crippen molar-refractivity contribution in [2.45, 2.75) is 31.5 Å². The predicted molar refractivity (Wildman–Crippen MR) is 70.2 cm³/mol. The zero-order valence-corrected chi connectivity index (χ0v) is 11.6. The van der Waals surface area contributed by atoms with Gasteiger partial charge in [0.25, 0.3) is 0 Å². The van der Waals surface area contributed by atoms with Gasteiger partial charge in [0.2, 0.25) is 5.91 Å². The van der Waals surface area contributed by atoms with Gasteiger partial charge in [-0.05, 0) is 25.0 Å². The summed E-state index contributed by atoms with van der Waals surface area (Å²) < 4.78 is 60.5. The Morgan fingerprint density at radius 3 is 2.82 bits per heavy atom. The van der Waals surface area contributed by atoms with E-state index in [1.54, 1.807) is 0 Å². The average molecular weight is 321 g/mol. The molecule has 0 aliphatic carbocycles. The fourth-order valence-electron chi connectivity index (χ4n) is 2.06. The van der Waals surface area contributed by atoms with Crippen LogP contribution in [0.25, 0.3) is 0 Å². The zero-order valence-electron chi connectivity index (χ0n) is 11.6. The Balaban J connectivity index is 2.01. The normalized spacial score (nSPS) is 18.3. The largest absolute Gasteiger partial charge is 0.489 e. The van der Waals surface area contributed by atoms with Crippen molar-refractivity contribution in [2.75, 3.05) is 18.5 Å². The van der Waals surface area contributed by atoms with E-state index < -0.39 is 24.3 Å². The second-order valence-electron chi connectivity index (χ2n) is 4.93. The summed E-state index contributed by atoms with van der Waals surface area (Å²) in [4.78, 5) is 11.3. The molecule has 1 aliphatic rings. The molecule has 22 heavy (non-hydrogen) atoms. The number of hydrogen-bond acceptors (Lipinski definition) is 3. The van der Waals surface area contributed by atoms with Crippen LogP contribution in [0.4, 0.5) is 23.2 Å². The Morgan fingerprint density at radius 1 is 1.41 bits per heavy atom. The van der Waals surface area contributed by atoms with Crippen molar-refractivity contribution < 1.29 is 31.8 Å². The number of nitrogens with one attached hydrogen (secondary N) is 1. The van der Waals surface area contributed by atoms with Crippen LogP contribution in [0.1, 0.15) is 19.3 Å². The molecule has 122 valence electrons.